The van der Waals surface area contributed by atoms with Crippen LogP contribution in [0.4, 0.5) is 0 Å². The van der Waals surface area contributed by atoms with Crippen molar-refractivity contribution in [1.82, 2.24) is 20.4 Å². The van der Waals surface area contributed by atoms with Crippen LogP contribution in [0.5, 0.6) is 0 Å². The van der Waals surface area contributed by atoms with Gasteiger partial charge in [0.05, 0.1) is 17.3 Å². The number of fused-ring (bicyclic) bond motifs is 1. The van der Waals surface area contributed by atoms with Gasteiger partial charge in [0.25, 0.3) is 5.91 Å². The maximum Gasteiger partial charge on any atom is 0.272 e. The summed E-state index contributed by atoms with van der Waals surface area (Å²) < 4.78 is 6.75. The van der Waals surface area contributed by atoms with Crippen LogP contribution in [-0.4, -0.2) is 49.0 Å². The van der Waals surface area contributed by atoms with Gasteiger partial charge in [-0.3, -0.25) is 4.79 Å². The van der Waals surface area contributed by atoms with Crippen LogP contribution in [0.25, 0.3) is 5.69 Å². The van der Waals surface area contributed by atoms with E-state index in [1.54, 1.807) is 23.9 Å². The molecule has 2 N–H and O–H groups in total. The van der Waals surface area contributed by atoms with Gasteiger partial charge in [0, 0.05) is 43.0 Å². The van der Waals surface area contributed by atoms with Crippen molar-refractivity contribution in [2.75, 3.05) is 33.4 Å². The third-order valence-corrected chi connectivity index (χ3v) is 4.89. The minimum Gasteiger partial charge on any atom is -0.383 e. The first-order valence-electron chi connectivity index (χ1n) is 8.66. The Morgan fingerprint density at radius 1 is 1.26 bits per heavy atom. The maximum atomic E-state index is 12.6. The lowest BCUT2D eigenvalue weighted by Gasteiger charge is -2.08. The molecule has 6 nitrogen and oxygen atoms in total. The Morgan fingerprint density at radius 2 is 2.07 bits per heavy atom. The number of rotatable bonds is 8. The fourth-order valence-electron chi connectivity index (χ4n) is 3.12. The van der Waals surface area contributed by atoms with Crippen LogP contribution in [0.3, 0.4) is 0 Å². The lowest BCUT2D eigenvalue weighted by Crippen LogP contribution is -2.33. The van der Waals surface area contributed by atoms with E-state index in [1.165, 1.54) is 0 Å². The molecule has 1 aromatic heterocycles. The molecule has 3 rings (SSSR count). The van der Waals surface area contributed by atoms with Crippen molar-refractivity contribution in [3.05, 3.63) is 45.2 Å². The van der Waals surface area contributed by atoms with Gasteiger partial charge < -0.3 is 15.4 Å². The second kappa shape index (κ2) is 10.3. The molecule has 148 valence electrons. The van der Waals surface area contributed by atoms with Crippen molar-refractivity contribution in [2.24, 2.45) is 0 Å². The van der Waals surface area contributed by atoms with Gasteiger partial charge >= 0.3 is 0 Å². The van der Waals surface area contributed by atoms with Crippen molar-refractivity contribution >= 4 is 41.5 Å². The SMILES string of the molecule is COCCNCCNC(=O)c1nn(-c2ccc(Cl)cc2Cl)c2c1CCC2.Cl. The molecule has 27 heavy (non-hydrogen) atoms. The van der Waals surface area contributed by atoms with Crippen molar-refractivity contribution in [2.45, 2.75) is 19.3 Å². The Bertz CT molecular complexity index is 795. The quantitative estimate of drug-likeness (QED) is 0.628. The third kappa shape index (κ3) is 5.15. The Balaban J connectivity index is 0.00000261. The average molecular weight is 434 g/mol. The fourth-order valence-corrected chi connectivity index (χ4v) is 3.61. The van der Waals surface area contributed by atoms with E-state index in [2.05, 4.69) is 15.7 Å². The Labute approximate surface area is 175 Å². The number of carbonyl (C=O) groups is 1. The predicted octanol–water partition coefficient (Wildman–Crippen LogP) is 3.06. The molecule has 0 aliphatic heterocycles. The molecule has 0 bridgehead atoms. The van der Waals surface area contributed by atoms with E-state index in [1.807, 2.05) is 6.07 Å². The van der Waals surface area contributed by atoms with Crippen molar-refractivity contribution in [1.29, 1.82) is 0 Å². The summed E-state index contributed by atoms with van der Waals surface area (Å²) >= 11 is 12.3. The molecule has 1 aliphatic rings. The third-order valence-electron chi connectivity index (χ3n) is 4.35. The highest BCUT2D eigenvalue weighted by molar-refractivity contribution is 6.35. The molecular weight excluding hydrogens is 411 g/mol. The first-order valence-corrected chi connectivity index (χ1v) is 9.41. The van der Waals surface area contributed by atoms with Crippen molar-refractivity contribution < 1.29 is 9.53 Å². The van der Waals surface area contributed by atoms with E-state index in [0.29, 0.717) is 35.4 Å². The van der Waals surface area contributed by atoms with Crippen LogP contribution in [0.2, 0.25) is 10.0 Å². The van der Waals surface area contributed by atoms with E-state index < -0.39 is 0 Å². The number of carbonyl (C=O) groups excluding carboxylic acids is 1. The van der Waals surface area contributed by atoms with Crippen LogP contribution in [0, 0.1) is 0 Å². The van der Waals surface area contributed by atoms with E-state index >= 15 is 0 Å². The number of methoxy groups -OCH3 is 1. The molecule has 1 amide bonds. The van der Waals surface area contributed by atoms with Gasteiger partial charge in [0.1, 0.15) is 0 Å². The predicted molar refractivity (Wildman–Crippen MR) is 110 cm³/mol. The van der Waals surface area contributed by atoms with Gasteiger partial charge in [-0.25, -0.2) is 4.68 Å². The standard InChI is InChI=1S/C18H22Cl2N4O2.ClH/c1-26-10-9-21-7-8-22-18(25)17-13-3-2-4-15(13)24(23-17)16-6-5-12(19)11-14(16)20;/h5-6,11,21H,2-4,7-10H2,1H3,(H,22,25);1H. The molecule has 1 heterocycles. The van der Waals surface area contributed by atoms with E-state index in [-0.39, 0.29) is 18.3 Å². The smallest absolute Gasteiger partial charge is 0.272 e. The van der Waals surface area contributed by atoms with Crippen LogP contribution >= 0.6 is 35.6 Å². The Morgan fingerprint density at radius 3 is 2.81 bits per heavy atom. The van der Waals surface area contributed by atoms with Crippen molar-refractivity contribution in [3.63, 3.8) is 0 Å². The lowest BCUT2D eigenvalue weighted by atomic mass is 10.2. The van der Waals surface area contributed by atoms with E-state index in [9.17, 15) is 4.79 Å². The highest BCUT2D eigenvalue weighted by atomic mass is 35.5. The summed E-state index contributed by atoms with van der Waals surface area (Å²) in [7, 11) is 1.66. The first kappa shape index (κ1) is 22.0. The second-order valence-electron chi connectivity index (χ2n) is 6.13. The summed E-state index contributed by atoms with van der Waals surface area (Å²) in [4.78, 5) is 12.6. The topological polar surface area (TPSA) is 68.2 Å². The summed E-state index contributed by atoms with van der Waals surface area (Å²) in [6.07, 6.45) is 2.75. The molecule has 0 fully saturated rings. The van der Waals surface area contributed by atoms with Crippen LogP contribution in [0.1, 0.15) is 28.2 Å². The molecule has 0 spiro atoms. The molecule has 1 aromatic carbocycles. The highest BCUT2D eigenvalue weighted by Crippen LogP contribution is 2.31. The lowest BCUT2D eigenvalue weighted by molar-refractivity contribution is 0.0947. The Kier molecular flexibility index (Phi) is 8.38. The molecule has 0 saturated carbocycles. The largest absolute Gasteiger partial charge is 0.383 e. The van der Waals surface area contributed by atoms with Crippen LogP contribution in [0.15, 0.2) is 18.2 Å². The number of halogens is 3. The minimum atomic E-state index is -0.152. The monoisotopic (exact) mass is 432 g/mol. The number of aromatic nitrogens is 2. The van der Waals surface area contributed by atoms with Gasteiger partial charge in [-0.15, -0.1) is 12.4 Å². The number of ether oxygens (including phenoxy) is 1. The summed E-state index contributed by atoms with van der Waals surface area (Å²) in [5.74, 6) is -0.152. The molecular formula is C18H23Cl3N4O2. The van der Waals surface area contributed by atoms with Crippen LogP contribution in [-0.2, 0) is 17.6 Å². The van der Waals surface area contributed by atoms with Gasteiger partial charge in [-0.2, -0.15) is 5.10 Å². The number of hydrogen-bond donors (Lipinski definition) is 2. The van der Waals surface area contributed by atoms with Gasteiger partial charge in [-0.05, 0) is 37.5 Å². The maximum absolute atomic E-state index is 12.6. The van der Waals surface area contributed by atoms with E-state index in [4.69, 9.17) is 27.9 Å². The van der Waals surface area contributed by atoms with Gasteiger partial charge in [0.15, 0.2) is 5.69 Å². The van der Waals surface area contributed by atoms with Crippen LogP contribution < -0.4 is 10.6 Å². The zero-order chi connectivity index (χ0) is 18.5. The molecule has 0 unspecified atom stereocenters. The Hall–Kier alpha value is -1.31. The molecule has 2 aromatic rings. The zero-order valence-electron chi connectivity index (χ0n) is 15.1. The summed E-state index contributed by atoms with van der Waals surface area (Å²) in [6, 6.07) is 5.29. The minimum absolute atomic E-state index is 0. The number of amides is 1. The van der Waals surface area contributed by atoms with Crippen molar-refractivity contribution in [3.8, 4) is 5.69 Å². The zero-order valence-corrected chi connectivity index (χ0v) is 17.4. The second-order valence-corrected chi connectivity index (χ2v) is 6.98. The number of nitrogens with zero attached hydrogens (tertiary/aromatic N) is 2. The van der Waals surface area contributed by atoms with Gasteiger partial charge in [-0.1, -0.05) is 23.2 Å². The molecule has 9 heteroatoms. The molecule has 1 aliphatic carbocycles. The molecule has 0 saturated heterocycles. The number of nitrogens with one attached hydrogen (secondary N) is 2. The highest BCUT2D eigenvalue weighted by Gasteiger charge is 2.27. The number of hydrogen-bond acceptors (Lipinski definition) is 4. The fraction of sp³-hybridized carbons (Fsp3) is 0.444. The molecule has 0 atom stereocenters. The summed E-state index contributed by atoms with van der Waals surface area (Å²) in [5, 5.41) is 11.8. The summed E-state index contributed by atoms with van der Waals surface area (Å²) in [6.45, 7) is 2.62. The first-order chi connectivity index (χ1) is 12.6. The average Bonchev–Trinajstić information content (AvgIpc) is 3.21. The normalized spacial score (nSPS) is 12.6. The van der Waals surface area contributed by atoms with E-state index in [0.717, 1.165) is 42.8 Å². The number of benzene rings is 1. The molecule has 0 radical (unpaired) electrons. The van der Waals surface area contributed by atoms with Gasteiger partial charge in [0.2, 0.25) is 0 Å². The summed E-state index contributed by atoms with van der Waals surface area (Å²) in [5.41, 5.74) is 3.30.